The highest BCUT2D eigenvalue weighted by atomic mass is 16.2. The van der Waals surface area contributed by atoms with Crippen LogP contribution in [0.2, 0.25) is 0 Å². The summed E-state index contributed by atoms with van der Waals surface area (Å²) in [7, 11) is 0. The molecule has 2 aromatic rings. The average molecular weight is 294 g/mol. The summed E-state index contributed by atoms with van der Waals surface area (Å²) in [5.74, 6) is 0.191. The lowest BCUT2D eigenvalue weighted by molar-refractivity contribution is 0.0734. The van der Waals surface area contributed by atoms with Gasteiger partial charge in [-0.25, -0.2) is 0 Å². The maximum absolute atomic E-state index is 13.1. The largest absolute Gasteiger partial charge is 0.361 e. The van der Waals surface area contributed by atoms with E-state index in [-0.39, 0.29) is 11.3 Å². The van der Waals surface area contributed by atoms with Crippen LogP contribution < -0.4 is 0 Å². The van der Waals surface area contributed by atoms with Gasteiger partial charge in [-0.2, -0.15) is 0 Å². The number of carbonyl (C=O) groups is 1. The lowest BCUT2D eigenvalue weighted by atomic mass is 9.75. The summed E-state index contributed by atoms with van der Waals surface area (Å²) in [4.78, 5) is 18.5. The molecule has 2 heterocycles. The van der Waals surface area contributed by atoms with E-state index in [4.69, 9.17) is 0 Å². The quantitative estimate of drug-likeness (QED) is 0.789. The molecule has 22 heavy (non-hydrogen) atoms. The normalized spacial score (nSPS) is 29.5. The number of amides is 1. The number of hydrogen-bond donors (Lipinski definition) is 1. The van der Waals surface area contributed by atoms with Crippen molar-refractivity contribution >= 4 is 16.8 Å². The third-order valence-electron chi connectivity index (χ3n) is 5.37. The molecule has 1 amide bonds. The Labute approximate surface area is 131 Å². The van der Waals surface area contributed by atoms with Crippen LogP contribution in [-0.4, -0.2) is 28.4 Å². The number of rotatable bonds is 1. The van der Waals surface area contributed by atoms with Crippen LogP contribution in [0.5, 0.6) is 0 Å². The van der Waals surface area contributed by atoms with Gasteiger partial charge in [-0.1, -0.05) is 24.6 Å². The Morgan fingerprint density at radius 1 is 1.41 bits per heavy atom. The minimum absolute atomic E-state index is 0.191. The predicted molar refractivity (Wildman–Crippen MR) is 88.8 cm³/mol. The lowest BCUT2D eigenvalue weighted by Crippen LogP contribution is -2.35. The maximum atomic E-state index is 13.1. The molecule has 1 saturated carbocycles. The lowest BCUT2D eigenvalue weighted by Gasteiger charge is -2.29. The SMILES string of the molecule is C/C=C1/CC2CC(C)(C1)CN2C(=O)c1cccc2[nH]ccc12. The minimum Gasteiger partial charge on any atom is -0.361 e. The fraction of sp³-hybridized carbons (Fsp3) is 0.421. The number of allylic oxidation sites excluding steroid dienone is 1. The molecule has 4 rings (SSSR count). The molecule has 2 aliphatic rings. The van der Waals surface area contributed by atoms with Gasteiger partial charge in [0.1, 0.15) is 0 Å². The number of hydrogen-bond acceptors (Lipinski definition) is 1. The Morgan fingerprint density at radius 3 is 3.09 bits per heavy atom. The zero-order valence-electron chi connectivity index (χ0n) is 13.2. The summed E-state index contributed by atoms with van der Waals surface area (Å²) in [5, 5.41) is 1.03. The highest BCUT2D eigenvalue weighted by Crippen LogP contribution is 2.47. The van der Waals surface area contributed by atoms with Crippen LogP contribution >= 0.6 is 0 Å². The molecule has 1 aromatic carbocycles. The molecular weight excluding hydrogens is 272 g/mol. The molecule has 0 spiro atoms. The molecule has 2 bridgehead atoms. The summed E-state index contributed by atoms with van der Waals surface area (Å²) >= 11 is 0. The van der Waals surface area contributed by atoms with Crippen molar-refractivity contribution < 1.29 is 4.79 Å². The van der Waals surface area contributed by atoms with Gasteiger partial charge in [-0.15, -0.1) is 0 Å². The van der Waals surface area contributed by atoms with Crippen LogP contribution in [0.3, 0.4) is 0 Å². The van der Waals surface area contributed by atoms with E-state index >= 15 is 0 Å². The summed E-state index contributed by atoms with van der Waals surface area (Å²) in [6.07, 6.45) is 7.46. The summed E-state index contributed by atoms with van der Waals surface area (Å²) in [6.45, 7) is 5.33. The number of nitrogens with zero attached hydrogens (tertiary/aromatic N) is 1. The van der Waals surface area contributed by atoms with E-state index < -0.39 is 0 Å². The van der Waals surface area contributed by atoms with Gasteiger partial charge in [0.2, 0.25) is 0 Å². The number of aromatic amines is 1. The molecule has 1 saturated heterocycles. The van der Waals surface area contributed by atoms with Crippen molar-refractivity contribution in [1.82, 2.24) is 9.88 Å². The van der Waals surface area contributed by atoms with Gasteiger partial charge in [0.25, 0.3) is 5.91 Å². The highest BCUT2D eigenvalue weighted by molar-refractivity contribution is 6.06. The second kappa shape index (κ2) is 4.73. The zero-order chi connectivity index (χ0) is 15.3. The first kappa shape index (κ1) is 13.6. The molecule has 114 valence electrons. The van der Waals surface area contributed by atoms with Gasteiger partial charge >= 0.3 is 0 Å². The standard InChI is InChI=1S/C19H22N2O/c1-3-13-9-14-11-19(2,10-13)12-21(14)18(22)16-5-4-6-17-15(16)7-8-20-17/h3-8,14,20H,9-12H2,1-2H3/b13-3-. The van der Waals surface area contributed by atoms with Crippen LogP contribution in [0.25, 0.3) is 10.9 Å². The number of H-pyrrole nitrogens is 1. The van der Waals surface area contributed by atoms with Gasteiger partial charge in [0.05, 0.1) is 0 Å². The summed E-state index contributed by atoms with van der Waals surface area (Å²) in [6, 6.07) is 8.32. The number of nitrogens with one attached hydrogen (secondary N) is 1. The molecule has 3 nitrogen and oxygen atoms in total. The topological polar surface area (TPSA) is 36.1 Å². The number of aromatic nitrogens is 1. The van der Waals surface area contributed by atoms with Gasteiger partial charge in [0, 0.05) is 35.2 Å². The first-order chi connectivity index (χ1) is 10.6. The first-order valence-corrected chi connectivity index (χ1v) is 8.11. The van der Waals surface area contributed by atoms with E-state index in [0.717, 1.165) is 42.3 Å². The van der Waals surface area contributed by atoms with Crippen molar-refractivity contribution in [2.24, 2.45) is 5.41 Å². The maximum Gasteiger partial charge on any atom is 0.254 e. The van der Waals surface area contributed by atoms with Crippen molar-refractivity contribution in [3.63, 3.8) is 0 Å². The second-order valence-electron chi connectivity index (χ2n) is 7.17. The number of likely N-dealkylation sites (tertiary alicyclic amines) is 1. The smallest absolute Gasteiger partial charge is 0.254 e. The van der Waals surface area contributed by atoms with Crippen molar-refractivity contribution in [3.05, 3.63) is 47.7 Å². The zero-order valence-corrected chi connectivity index (χ0v) is 13.2. The molecule has 1 aliphatic carbocycles. The van der Waals surface area contributed by atoms with Crippen LogP contribution in [0.4, 0.5) is 0 Å². The fourth-order valence-corrected chi connectivity index (χ4v) is 4.40. The van der Waals surface area contributed by atoms with Gasteiger partial charge in [-0.05, 0) is 49.8 Å². The minimum atomic E-state index is 0.191. The van der Waals surface area contributed by atoms with Crippen molar-refractivity contribution in [1.29, 1.82) is 0 Å². The molecule has 1 N–H and O–H groups in total. The summed E-state index contributed by atoms with van der Waals surface area (Å²) < 4.78 is 0. The third-order valence-corrected chi connectivity index (χ3v) is 5.37. The monoisotopic (exact) mass is 294 g/mol. The van der Waals surface area contributed by atoms with Crippen molar-refractivity contribution in [3.8, 4) is 0 Å². The molecule has 2 atom stereocenters. The summed E-state index contributed by atoms with van der Waals surface area (Å²) in [5.41, 5.74) is 3.63. The molecule has 0 radical (unpaired) electrons. The Kier molecular flexibility index (Phi) is 2.93. The van der Waals surface area contributed by atoms with E-state index in [1.165, 1.54) is 5.57 Å². The molecule has 2 unspecified atom stereocenters. The van der Waals surface area contributed by atoms with Gasteiger partial charge in [0.15, 0.2) is 0 Å². The Balaban J connectivity index is 1.71. The van der Waals surface area contributed by atoms with Crippen LogP contribution in [0.1, 0.15) is 43.5 Å². The fourth-order valence-electron chi connectivity index (χ4n) is 4.40. The van der Waals surface area contributed by atoms with Gasteiger partial charge in [-0.3, -0.25) is 4.79 Å². The molecule has 1 aromatic heterocycles. The second-order valence-corrected chi connectivity index (χ2v) is 7.17. The van der Waals surface area contributed by atoms with E-state index in [1.807, 2.05) is 30.5 Å². The van der Waals surface area contributed by atoms with E-state index in [0.29, 0.717) is 6.04 Å². The average Bonchev–Trinajstić information content (AvgIpc) is 3.08. The van der Waals surface area contributed by atoms with Crippen LogP contribution in [-0.2, 0) is 0 Å². The number of carbonyl (C=O) groups excluding carboxylic acids is 1. The third kappa shape index (κ3) is 1.99. The highest BCUT2D eigenvalue weighted by Gasteiger charge is 2.46. The molecule has 1 aliphatic heterocycles. The Hall–Kier alpha value is -2.03. The molecular formula is C19H22N2O. The van der Waals surface area contributed by atoms with Crippen molar-refractivity contribution in [2.45, 2.75) is 39.2 Å². The van der Waals surface area contributed by atoms with Gasteiger partial charge < -0.3 is 9.88 Å². The van der Waals surface area contributed by atoms with E-state index in [2.05, 4.69) is 29.8 Å². The van der Waals surface area contributed by atoms with Crippen molar-refractivity contribution in [2.75, 3.05) is 6.54 Å². The number of benzene rings is 1. The molecule has 2 fully saturated rings. The van der Waals surface area contributed by atoms with E-state index in [1.54, 1.807) is 0 Å². The number of fused-ring (bicyclic) bond motifs is 3. The Bertz CT molecular complexity index is 773. The van der Waals surface area contributed by atoms with Crippen LogP contribution in [0.15, 0.2) is 42.1 Å². The predicted octanol–water partition coefficient (Wildman–Crippen LogP) is 4.13. The van der Waals surface area contributed by atoms with E-state index in [9.17, 15) is 4.79 Å². The Morgan fingerprint density at radius 2 is 2.27 bits per heavy atom. The molecule has 3 heteroatoms. The van der Waals surface area contributed by atoms with Crippen LogP contribution in [0, 0.1) is 5.41 Å². The first-order valence-electron chi connectivity index (χ1n) is 8.11.